The van der Waals surface area contributed by atoms with E-state index < -0.39 is 0 Å². The quantitative estimate of drug-likeness (QED) is 0.661. The molecule has 3 heteroatoms. The van der Waals surface area contributed by atoms with E-state index in [0.29, 0.717) is 5.37 Å². The molecule has 0 radical (unpaired) electrons. The predicted molar refractivity (Wildman–Crippen MR) is 46.8 cm³/mol. The van der Waals surface area contributed by atoms with Gasteiger partial charge in [0.1, 0.15) is 0 Å². The van der Waals surface area contributed by atoms with Crippen LogP contribution in [0.2, 0.25) is 0 Å². The number of thioether (sulfide) groups is 1. The molecule has 1 aliphatic heterocycles. The van der Waals surface area contributed by atoms with Gasteiger partial charge in [-0.3, -0.25) is 0 Å². The molecule has 0 aromatic rings. The van der Waals surface area contributed by atoms with Crippen LogP contribution in [0.25, 0.3) is 0 Å². The first-order chi connectivity index (χ1) is 4.88. The van der Waals surface area contributed by atoms with Crippen molar-refractivity contribution in [1.29, 1.82) is 0 Å². The van der Waals surface area contributed by atoms with Crippen molar-refractivity contribution in [1.82, 2.24) is 10.2 Å². The highest BCUT2D eigenvalue weighted by molar-refractivity contribution is 8.02. The second-order valence-electron chi connectivity index (χ2n) is 2.26. The van der Waals surface area contributed by atoms with E-state index >= 15 is 0 Å². The van der Waals surface area contributed by atoms with Gasteiger partial charge in [-0.05, 0) is 19.4 Å². The number of nitrogens with one attached hydrogen (secondary N) is 1. The minimum absolute atomic E-state index is 0.620. The average molecular weight is 158 g/mol. The zero-order chi connectivity index (χ0) is 7.40. The van der Waals surface area contributed by atoms with E-state index in [0.717, 1.165) is 13.1 Å². The molecule has 0 aliphatic carbocycles. The fraction of sp³-hybridized carbons (Fsp3) is 0.714. The summed E-state index contributed by atoms with van der Waals surface area (Å²) < 4.78 is 0. The van der Waals surface area contributed by atoms with Crippen LogP contribution in [0, 0.1) is 0 Å². The van der Waals surface area contributed by atoms with Crippen molar-refractivity contribution in [2.75, 3.05) is 20.1 Å². The average Bonchev–Trinajstić information content (AvgIpc) is 2.36. The normalized spacial score (nSPS) is 24.2. The molecular weight excluding hydrogens is 144 g/mol. The Morgan fingerprint density at radius 3 is 3.10 bits per heavy atom. The molecule has 58 valence electrons. The number of rotatable bonds is 3. The summed E-state index contributed by atoms with van der Waals surface area (Å²) in [5.74, 6) is 0. The highest BCUT2D eigenvalue weighted by atomic mass is 32.2. The standard InChI is InChI=1S/C7H14N2S/c1-3-9-4-5-10-7(9)6-8-2/h4-5,7-8H,3,6H2,1-2H3. The second kappa shape index (κ2) is 3.88. The summed E-state index contributed by atoms with van der Waals surface area (Å²) in [6, 6.07) is 0. The Bertz CT molecular complexity index is 125. The fourth-order valence-electron chi connectivity index (χ4n) is 1.03. The molecule has 0 saturated carbocycles. The first-order valence-electron chi connectivity index (χ1n) is 3.61. The molecule has 10 heavy (non-hydrogen) atoms. The molecule has 2 nitrogen and oxygen atoms in total. The zero-order valence-electron chi connectivity index (χ0n) is 6.50. The third-order valence-corrected chi connectivity index (χ3v) is 2.63. The summed E-state index contributed by atoms with van der Waals surface area (Å²) in [7, 11) is 1.99. The highest BCUT2D eigenvalue weighted by Gasteiger charge is 2.16. The molecule has 0 saturated heterocycles. The molecule has 1 unspecified atom stereocenters. The molecule has 0 amide bonds. The SMILES string of the molecule is CCN1C=CSC1CNC. The van der Waals surface area contributed by atoms with Gasteiger partial charge in [-0.1, -0.05) is 0 Å². The van der Waals surface area contributed by atoms with Gasteiger partial charge >= 0.3 is 0 Å². The number of hydrogen-bond acceptors (Lipinski definition) is 3. The van der Waals surface area contributed by atoms with Gasteiger partial charge in [0.15, 0.2) is 0 Å². The largest absolute Gasteiger partial charge is 0.364 e. The molecule has 0 bridgehead atoms. The van der Waals surface area contributed by atoms with Crippen molar-refractivity contribution in [3.05, 3.63) is 11.6 Å². The van der Waals surface area contributed by atoms with Crippen molar-refractivity contribution >= 4 is 11.8 Å². The molecule has 0 fully saturated rings. The summed E-state index contributed by atoms with van der Waals surface area (Å²) in [6.45, 7) is 4.35. The predicted octanol–water partition coefficient (Wildman–Crippen LogP) is 1.07. The lowest BCUT2D eigenvalue weighted by atomic mass is 10.5. The molecule has 0 spiro atoms. The minimum Gasteiger partial charge on any atom is -0.364 e. The maximum atomic E-state index is 3.17. The molecular formula is C7H14N2S. The van der Waals surface area contributed by atoms with Crippen LogP contribution in [-0.2, 0) is 0 Å². The van der Waals surface area contributed by atoms with Crippen molar-refractivity contribution in [2.45, 2.75) is 12.3 Å². The topological polar surface area (TPSA) is 15.3 Å². The van der Waals surface area contributed by atoms with E-state index in [2.05, 4.69) is 28.7 Å². The Kier molecular flexibility index (Phi) is 3.09. The van der Waals surface area contributed by atoms with Gasteiger partial charge in [0.2, 0.25) is 0 Å². The zero-order valence-corrected chi connectivity index (χ0v) is 7.32. The Labute approximate surface area is 66.7 Å². The minimum atomic E-state index is 0.620. The molecule has 1 N–H and O–H groups in total. The molecule has 0 aromatic carbocycles. The van der Waals surface area contributed by atoms with Gasteiger partial charge in [-0.25, -0.2) is 0 Å². The first kappa shape index (κ1) is 7.95. The Balaban J connectivity index is 2.32. The summed E-state index contributed by atoms with van der Waals surface area (Å²) in [4.78, 5) is 2.33. The number of hydrogen-bond donors (Lipinski definition) is 1. The van der Waals surface area contributed by atoms with Crippen molar-refractivity contribution in [3.8, 4) is 0 Å². The summed E-state index contributed by atoms with van der Waals surface area (Å²) in [5.41, 5.74) is 0. The second-order valence-corrected chi connectivity index (χ2v) is 3.35. The lowest BCUT2D eigenvalue weighted by Gasteiger charge is -2.22. The third kappa shape index (κ3) is 1.67. The van der Waals surface area contributed by atoms with Gasteiger partial charge in [-0.2, -0.15) is 0 Å². The summed E-state index contributed by atoms with van der Waals surface area (Å²) in [5, 5.41) is 5.95. The van der Waals surface area contributed by atoms with Gasteiger partial charge in [0, 0.05) is 19.3 Å². The van der Waals surface area contributed by atoms with E-state index in [-0.39, 0.29) is 0 Å². The number of likely N-dealkylation sites (N-methyl/N-ethyl adjacent to an activating group) is 2. The molecule has 1 atom stereocenters. The van der Waals surface area contributed by atoms with E-state index in [1.54, 1.807) is 0 Å². The molecule has 1 rings (SSSR count). The highest BCUT2D eigenvalue weighted by Crippen LogP contribution is 2.23. The monoisotopic (exact) mass is 158 g/mol. The number of nitrogens with zero attached hydrogens (tertiary/aromatic N) is 1. The van der Waals surface area contributed by atoms with E-state index in [9.17, 15) is 0 Å². The van der Waals surface area contributed by atoms with Crippen LogP contribution in [0.3, 0.4) is 0 Å². The maximum absolute atomic E-state index is 3.17. The summed E-state index contributed by atoms with van der Waals surface area (Å²) in [6.07, 6.45) is 2.16. The van der Waals surface area contributed by atoms with Crippen molar-refractivity contribution < 1.29 is 0 Å². The molecule has 0 aromatic heterocycles. The van der Waals surface area contributed by atoms with Crippen LogP contribution in [0.4, 0.5) is 0 Å². The molecule has 1 heterocycles. The van der Waals surface area contributed by atoms with Crippen LogP contribution in [0.1, 0.15) is 6.92 Å². The van der Waals surface area contributed by atoms with Gasteiger partial charge in [-0.15, -0.1) is 11.8 Å². The maximum Gasteiger partial charge on any atom is 0.0909 e. The fourth-order valence-corrected chi connectivity index (χ4v) is 2.07. The van der Waals surface area contributed by atoms with Crippen LogP contribution in [0.15, 0.2) is 11.6 Å². The van der Waals surface area contributed by atoms with Gasteiger partial charge in [0.05, 0.1) is 5.37 Å². The molecule has 1 aliphatic rings. The lowest BCUT2D eigenvalue weighted by Crippen LogP contribution is -2.32. The van der Waals surface area contributed by atoms with E-state index in [1.165, 1.54) is 0 Å². The van der Waals surface area contributed by atoms with Gasteiger partial charge in [0.25, 0.3) is 0 Å². The van der Waals surface area contributed by atoms with E-state index in [1.807, 2.05) is 18.8 Å². The Morgan fingerprint density at radius 2 is 2.50 bits per heavy atom. The van der Waals surface area contributed by atoms with Crippen molar-refractivity contribution in [3.63, 3.8) is 0 Å². The Morgan fingerprint density at radius 1 is 1.70 bits per heavy atom. The van der Waals surface area contributed by atoms with Crippen LogP contribution >= 0.6 is 11.8 Å². The lowest BCUT2D eigenvalue weighted by molar-refractivity contribution is 0.373. The van der Waals surface area contributed by atoms with Crippen LogP contribution in [-0.4, -0.2) is 30.4 Å². The third-order valence-electron chi connectivity index (χ3n) is 1.60. The summed E-state index contributed by atoms with van der Waals surface area (Å²) >= 11 is 1.88. The van der Waals surface area contributed by atoms with E-state index in [4.69, 9.17) is 0 Å². The van der Waals surface area contributed by atoms with Crippen molar-refractivity contribution in [2.24, 2.45) is 0 Å². The smallest absolute Gasteiger partial charge is 0.0909 e. The van der Waals surface area contributed by atoms with Gasteiger partial charge < -0.3 is 10.2 Å². The van der Waals surface area contributed by atoms with Crippen LogP contribution in [0.5, 0.6) is 0 Å². The Hall–Kier alpha value is -0.150. The van der Waals surface area contributed by atoms with Crippen LogP contribution < -0.4 is 5.32 Å². The first-order valence-corrected chi connectivity index (χ1v) is 4.55.